The molecule has 2 rings (SSSR count). The summed E-state index contributed by atoms with van der Waals surface area (Å²) in [5.41, 5.74) is 0. The van der Waals surface area contributed by atoms with Crippen LogP contribution >= 0.6 is 0 Å². The number of imidazole rings is 1. The van der Waals surface area contributed by atoms with Crippen molar-refractivity contribution in [2.45, 2.75) is 25.9 Å². The van der Waals surface area contributed by atoms with Gasteiger partial charge in [0.15, 0.2) is 0 Å². The maximum Gasteiger partial charge on any atom is 0.224 e. The predicted molar refractivity (Wildman–Crippen MR) is 60.9 cm³/mol. The molecule has 5 heteroatoms. The van der Waals surface area contributed by atoms with E-state index in [1.165, 1.54) is 0 Å². The minimum atomic E-state index is 0.239. The Hall–Kier alpha value is -1.36. The van der Waals surface area contributed by atoms with Crippen molar-refractivity contribution >= 4 is 5.91 Å². The van der Waals surface area contributed by atoms with E-state index in [1.54, 1.807) is 12.5 Å². The topological polar surface area (TPSA) is 50.2 Å². The highest BCUT2D eigenvalue weighted by Crippen LogP contribution is 2.05. The fourth-order valence-electron chi connectivity index (χ4n) is 2.00. The number of rotatable bonds is 3. The lowest BCUT2D eigenvalue weighted by Gasteiger charge is -2.34. The second kappa shape index (κ2) is 5.12. The van der Waals surface area contributed by atoms with Gasteiger partial charge in [-0.3, -0.25) is 4.79 Å². The van der Waals surface area contributed by atoms with Gasteiger partial charge < -0.3 is 14.8 Å². The van der Waals surface area contributed by atoms with Gasteiger partial charge in [0.1, 0.15) is 0 Å². The number of hydrogen-bond donors (Lipinski definition) is 1. The molecule has 0 aromatic carbocycles. The lowest BCUT2D eigenvalue weighted by atomic mass is 10.2. The zero-order chi connectivity index (χ0) is 11.4. The van der Waals surface area contributed by atoms with Crippen molar-refractivity contribution in [3.05, 3.63) is 18.7 Å². The first-order chi connectivity index (χ1) is 7.77. The molecule has 1 N–H and O–H groups in total. The van der Waals surface area contributed by atoms with E-state index in [4.69, 9.17) is 0 Å². The summed E-state index contributed by atoms with van der Waals surface area (Å²) in [6.45, 7) is 5.43. The quantitative estimate of drug-likeness (QED) is 0.788. The summed E-state index contributed by atoms with van der Waals surface area (Å²) in [6.07, 6.45) is 5.92. The third-order valence-corrected chi connectivity index (χ3v) is 2.96. The number of aromatic nitrogens is 2. The van der Waals surface area contributed by atoms with Gasteiger partial charge in [-0.05, 0) is 6.92 Å². The van der Waals surface area contributed by atoms with Crippen LogP contribution in [-0.4, -0.2) is 46.0 Å². The molecule has 0 aliphatic carbocycles. The van der Waals surface area contributed by atoms with Crippen molar-refractivity contribution in [2.24, 2.45) is 0 Å². The van der Waals surface area contributed by atoms with E-state index < -0.39 is 0 Å². The molecule has 1 aromatic heterocycles. The Kier molecular flexibility index (Phi) is 3.56. The van der Waals surface area contributed by atoms with Crippen molar-refractivity contribution in [3.63, 3.8) is 0 Å². The van der Waals surface area contributed by atoms with Crippen LogP contribution in [0.1, 0.15) is 13.3 Å². The largest absolute Gasteiger partial charge is 0.337 e. The lowest BCUT2D eigenvalue weighted by molar-refractivity contribution is -0.134. The van der Waals surface area contributed by atoms with Crippen LogP contribution in [0, 0.1) is 0 Å². The van der Waals surface area contributed by atoms with Crippen LogP contribution in [-0.2, 0) is 11.3 Å². The maximum atomic E-state index is 12.0. The smallest absolute Gasteiger partial charge is 0.224 e. The van der Waals surface area contributed by atoms with Crippen molar-refractivity contribution in [1.29, 1.82) is 0 Å². The zero-order valence-electron chi connectivity index (χ0n) is 9.59. The molecule has 0 bridgehead atoms. The molecular formula is C11H18N4O. The van der Waals surface area contributed by atoms with Gasteiger partial charge in [-0.2, -0.15) is 0 Å². The highest BCUT2D eigenvalue weighted by atomic mass is 16.2. The van der Waals surface area contributed by atoms with Crippen molar-refractivity contribution < 1.29 is 4.79 Å². The fourth-order valence-corrected chi connectivity index (χ4v) is 2.00. The van der Waals surface area contributed by atoms with E-state index in [0.29, 0.717) is 12.5 Å². The van der Waals surface area contributed by atoms with Gasteiger partial charge in [0.2, 0.25) is 5.91 Å². The van der Waals surface area contributed by atoms with Crippen molar-refractivity contribution in [2.75, 3.05) is 19.6 Å². The molecule has 1 amide bonds. The first kappa shape index (κ1) is 11.1. The van der Waals surface area contributed by atoms with E-state index in [1.807, 2.05) is 15.7 Å². The minimum Gasteiger partial charge on any atom is -0.337 e. The van der Waals surface area contributed by atoms with E-state index in [9.17, 15) is 4.79 Å². The second-order valence-electron chi connectivity index (χ2n) is 4.19. The Balaban J connectivity index is 1.83. The van der Waals surface area contributed by atoms with Crippen LogP contribution in [0.4, 0.5) is 0 Å². The van der Waals surface area contributed by atoms with Gasteiger partial charge >= 0.3 is 0 Å². The number of carbonyl (C=O) groups excluding carboxylic acids is 1. The molecule has 1 aliphatic rings. The summed E-state index contributed by atoms with van der Waals surface area (Å²) >= 11 is 0. The Morgan fingerprint density at radius 3 is 3.19 bits per heavy atom. The molecule has 1 fully saturated rings. The Morgan fingerprint density at radius 1 is 1.62 bits per heavy atom. The van der Waals surface area contributed by atoms with E-state index >= 15 is 0 Å². The number of nitrogens with zero attached hydrogens (tertiary/aromatic N) is 3. The SMILES string of the molecule is CC1CNCCN1C(=O)CCn1ccnc1. The van der Waals surface area contributed by atoms with Crippen LogP contribution in [0.2, 0.25) is 0 Å². The van der Waals surface area contributed by atoms with Gasteiger partial charge in [-0.1, -0.05) is 0 Å². The van der Waals surface area contributed by atoms with Crippen LogP contribution in [0.25, 0.3) is 0 Å². The molecule has 2 heterocycles. The van der Waals surface area contributed by atoms with Crippen molar-refractivity contribution in [3.8, 4) is 0 Å². The van der Waals surface area contributed by atoms with Gasteiger partial charge in [0.05, 0.1) is 6.33 Å². The van der Waals surface area contributed by atoms with Crippen LogP contribution in [0.15, 0.2) is 18.7 Å². The first-order valence-electron chi connectivity index (χ1n) is 5.73. The summed E-state index contributed by atoms with van der Waals surface area (Å²) in [7, 11) is 0. The molecule has 0 radical (unpaired) electrons. The number of amides is 1. The molecule has 1 atom stereocenters. The molecule has 1 saturated heterocycles. The first-order valence-corrected chi connectivity index (χ1v) is 5.73. The summed E-state index contributed by atoms with van der Waals surface area (Å²) in [6, 6.07) is 0.309. The van der Waals surface area contributed by atoms with Gasteiger partial charge in [0.25, 0.3) is 0 Å². The second-order valence-corrected chi connectivity index (χ2v) is 4.19. The average molecular weight is 222 g/mol. The normalized spacial score (nSPS) is 21.1. The Labute approximate surface area is 95.5 Å². The van der Waals surface area contributed by atoms with Crippen LogP contribution in [0.3, 0.4) is 0 Å². The molecule has 1 aromatic rings. The fraction of sp³-hybridized carbons (Fsp3) is 0.636. The summed E-state index contributed by atoms with van der Waals surface area (Å²) < 4.78 is 1.94. The predicted octanol–water partition coefficient (Wildman–Crippen LogP) is 0.0935. The van der Waals surface area contributed by atoms with E-state index in [-0.39, 0.29) is 5.91 Å². The van der Waals surface area contributed by atoms with Crippen molar-refractivity contribution in [1.82, 2.24) is 19.8 Å². The summed E-state index contributed by atoms with van der Waals surface area (Å²) in [4.78, 5) is 17.9. The molecule has 5 nitrogen and oxygen atoms in total. The Bertz CT molecular complexity index is 336. The number of nitrogens with one attached hydrogen (secondary N) is 1. The maximum absolute atomic E-state index is 12.0. The third kappa shape index (κ3) is 2.61. The average Bonchev–Trinajstić information content (AvgIpc) is 2.79. The van der Waals surface area contributed by atoms with Crippen LogP contribution in [0.5, 0.6) is 0 Å². The zero-order valence-corrected chi connectivity index (χ0v) is 9.59. The van der Waals surface area contributed by atoms with Gasteiger partial charge in [-0.25, -0.2) is 4.98 Å². The minimum absolute atomic E-state index is 0.239. The third-order valence-electron chi connectivity index (χ3n) is 2.96. The molecule has 0 saturated carbocycles. The van der Waals surface area contributed by atoms with E-state index in [0.717, 1.165) is 26.2 Å². The molecule has 1 unspecified atom stereocenters. The molecule has 1 aliphatic heterocycles. The molecule has 88 valence electrons. The number of piperazine rings is 1. The number of hydrogen-bond acceptors (Lipinski definition) is 3. The van der Waals surface area contributed by atoms with Crippen LogP contribution < -0.4 is 5.32 Å². The molecule has 0 spiro atoms. The monoisotopic (exact) mass is 222 g/mol. The summed E-state index contributed by atoms with van der Waals surface area (Å²) in [5, 5.41) is 3.28. The highest BCUT2D eigenvalue weighted by Gasteiger charge is 2.22. The van der Waals surface area contributed by atoms with Gasteiger partial charge in [-0.15, -0.1) is 0 Å². The number of aryl methyl sites for hydroxylation is 1. The summed E-state index contributed by atoms with van der Waals surface area (Å²) in [5.74, 6) is 0.239. The highest BCUT2D eigenvalue weighted by molar-refractivity contribution is 5.76. The lowest BCUT2D eigenvalue weighted by Crippen LogP contribution is -2.52. The number of carbonyl (C=O) groups is 1. The van der Waals surface area contributed by atoms with E-state index in [2.05, 4.69) is 17.2 Å². The Morgan fingerprint density at radius 2 is 2.50 bits per heavy atom. The van der Waals surface area contributed by atoms with Gasteiger partial charge in [0, 0.05) is 51.0 Å². The standard InChI is InChI=1S/C11H18N4O/c1-10-8-12-4-7-15(10)11(16)2-5-14-6-3-13-9-14/h3,6,9-10,12H,2,4-5,7-8H2,1H3. The molecule has 16 heavy (non-hydrogen) atoms. The molecular weight excluding hydrogens is 204 g/mol.